The first kappa shape index (κ1) is 52.3. The van der Waals surface area contributed by atoms with Crippen LogP contribution in [0.5, 0.6) is 11.5 Å². The molecule has 0 atom stereocenters. The molecule has 1 aliphatic rings. The van der Waals surface area contributed by atoms with Crippen LogP contribution in [-0.4, -0.2) is 9.55 Å². The molecular formula is C66H65F2N4OPt-3. The number of fused-ring (bicyclic) bond motifs is 4. The minimum atomic E-state index is -0.634. The van der Waals surface area contributed by atoms with E-state index in [9.17, 15) is 0 Å². The molecule has 0 saturated heterocycles. The number of halogens is 2. The van der Waals surface area contributed by atoms with E-state index in [0.29, 0.717) is 17.1 Å². The maximum absolute atomic E-state index is 15.5. The van der Waals surface area contributed by atoms with Crippen LogP contribution in [0, 0.1) is 30.4 Å². The SMILES string of the molecule is CC(C)c1cc(-c2cc(C(C)(C)C)cc(-c3cc(F)cc(F)c3)c2N2[CH-]N(c3[c-]c(Oc4[c-]c5c(cc4)c4ccccc4n5-c4cc(C(C)(C)C)ccn4)cc(C(C)(C)C)c3)c3ccccc32)cc(C(C)C)c1.[Pt]. The number of rotatable bonds is 9. The van der Waals surface area contributed by atoms with Gasteiger partial charge in [-0.1, -0.05) is 144 Å². The van der Waals surface area contributed by atoms with Crippen molar-refractivity contribution in [3.63, 3.8) is 0 Å². The summed E-state index contributed by atoms with van der Waals surface area (Å²) in [6.45, 7) is 30.8. The first-order valence-electron chi connectivity index (χ1n) is 25.5. The fraction of sp³-hybridized carbons (Fsp3) is 0.273. The van der Waals surface area contributed by atoms with E-state index in [4.69, 9.17) is 9.72 Å². The van der Waals surface area contributed by atoms with Crippen molar-refractivity contribution in [3.05, 3.63) is 198 Å². The van der Waals surface area contributed by atoms with Crippen molar-refractivity contribution < 1.29 is 34.6 Å². The van der Waals surface area contributed by atoms with E-state index in [1.807, 2.05) is 24.4 Å². The smallest absolute Gasteiger partial charge is 0.135 e. The zero-order valence-electron chi connectivity index (χ0n) is 44.8. The van der Waals surface area contributed by atoms with E-state index in [2.05, 4.69) is 220 Å². The first-order valence-corrected chi connectivity index (χ1v) is 25.5. The van der Waals surface area contributed by atoms with E-state index >= 15 is 8.78 Å². The second kappa shape index (κ2) is 19.6. The molecule has 74 heavy (non-hydrogen) atoms. The van der Waals surface area contributed by atoms with Gasteiger partial charge in [-0.3, -0.25) is 0 Å². The van der Waals surface area contributed by atoms with E-state index in [1.165, 1.54) is 28.8 Å². The van der Waals surface area contributed by atoms with Gasteiger partial charge in [0.1, 0.15) is 17.5 Å². The van der Waals surface area contributed by atoms with Crippen molar-refractivity contribution in [2.75, 3.05) is 9.80 Å². The largest absolute Gasteiger partial charge is 0.509 e. The Morgan fingerprint density at radius 1 is 0.541 bits per heavy atom. The third-order valence-corrected chi connectivity index (χ3v) is 14.2. The number of hydrogen-bond acceptors (Lipinski definition) is 4. The van der Waals surface area contributed by atoms with Gasteiger partial charge < -0.3 is 19.1 Å². The molecule has 9 aromatic rings. The van der Waals surface area contributed by atoms with Gasteiger partial charge in [-0.25, -0.2) is 13.8 Å². The van der Waals surface area contributed by atoms with Crippen molar-refractivity contribution in [1.29, 1.82) is 0 Å². The van der Waals surface area contributed by atoms with Crippen LogP contribution >= 0.6 is 0 Å². The standard InChI is InChI=1S/C66H65F2N4O.Pt/c1-40(2)42-26-43(41(3)4)28-44(27-42)56-33-48(66(11,12)13)34-57(45-29-49(67)36-50(68)30-45)63(56)71-39-70(59-20-16-17-21-60(59)71)51-31-47(65(8,9)10)32-53(37-51)73-52-22-23-55-54-18-14-15-19-58(54)72(61(55)38-52)62-35-46(24-25-69-62)64(5,6)7;/h14-36,39-41H,1-13H3;/q-3;. The zero-order valence-corrected chi connectivity index (χ0v) is 47.1. The maximum Gasteiger partial charge on any atom is 0.135 e. The molecular weight excluding hydrogens is 1100 g/mol. The Balaban J connectivity index is 0.00000672. The van der Waals surface area contributed by atoms with E-state index in [1.54, 1.807) is 0 Å². The van der Waals surface area contributed by atoms with Crippen LogP contribution in [0.3, 0.4) is 0 Å². The molecule has 0 aliphatic carbocycles. The summed E-state index contributed by atoms with van der Waals surface area (Å²) in [6.07, 6.45) is 1.89. The number of para-hydroxylation sites is 3. The van der Waals surface area contributed by atoms with Gasteiger partial charge in [0.2, 0.25) is 0 Å². The quantitative estimate of drug-likeness (QED) is 0.135. The zero-order chi connectivity index (χ0) is 51.9. The maximum atomic E-state index is 15.5. The molecule has 5 nitrogen and oxygen atoms in total. The van der Waals surface area contributed by atoms with Crippen molar-refractivity contribution >= 4 is 44.6 Å². The Bertz CT molecular complexity index is 3540. The third-order valence-electron chi connectivity index (χ3n) is 14.2. The van der Waals surface area contributed by atoms with Crippen molar-refractivity contribution in [2.45, 2.75) is 118 Å². The monoisotopic (exact) mass is 1160 g/mol. The van der Waals surface area contributed by atoms with Crippen LogP contribution in [0.2, 0.25) is 0 Å². The van der Waals surface area contributed by atoms with Gasteiger partial charge in [0, 0.05) is 78.5 Å². The van der Waals surface area contributed by atoms with Crippen LogP contribution < -0.4 is 14.5 Å². The molecule has 2 aromatic heterocycles. The number of anilines is 4. The molecule has 0 fully saturated rings. The van der Waals surface area contributed by atoms with Gasteiger partial charge in [-0.05, 0) is 121 Å². The molecule has 382 valence electrons. The molecule has 0 bridgehead atoms. The van der Waals surface area contributed by atoms with Crippen LogP contribution in [0.1, 0.15) is 130 Å². The Hall–Kier alpha value is -6.56. The minimum Gasteiger partial charge on any atom is -0.509 e. The molecule has 3 heterocycles. The molecule has 0 unspecified atom stereocenters. The number of aromatic nitrogens is 2. The van der Waals surface area contributed by atoms with Gasteiger partial charge in [0.05, 0.1) is 0 Å². The fourth-order valence-corrected chi connectivity index (χ4v) is 9.90. The normalized spacial score (nSPS) is 13.1. The Labute approximate surface area is 451 Å². The minimum absolute atomic E-state index is 0. The molecule has 8 heteroatoms. The molecule has 1 aliphatic heterocycles. The summed E-state index contributed by atoms with van der Waals surface area (Å²) in [4.78, 5) is 9.23. The predicted molar refractivity (Wildman–Crippen MR) is 299 cm³/mol. The number of pyridine rings is 1. The van der Waals surface area contributed by atoms with Gasteiger partial charge >= 0.3 is 0 Å². The van der Waals surface area contributed by atoms with Gasteiger partial charge in [-0.15, -0.1) is 53.6 Å². The van der Waals surface area contributed by atoms with Crippen molar-refractivity contribution in [3.8, 4) is 39.6 Å². The number of hydrogen-bond donors (Lipinski definition) is 0. The van der Waals surface area contributed by atoms with Gasteiger partial charge in [0.25, 0.3) is 0 Å². The number of nitrogens with zero attached hydrogens (tertiary/aromatic N) is 4. The van der Waals surface area contributed by atoms with Crippen LogP contribution in [0.25, 0.3) is 49.9 Å². The topological polar surface area (TPSA) is 33.5 Å². The molecule has 0 N–H and O–H groups in total. The summed E-state index contributed by atoms with van der Waals surface area (Å²) in [7, 11) is 0. The average molecular weight is 1160 g/mol. The molecule has 0 spiro atoms. The first-order chi connectivity index (χ1) is 34.5. The van der Waals surface area contributed by atoms with Gasteiger partial charge in [-0.2, -0.15) is 6.07 Å². The second-order valence-corrected chi connectivity index (χ2v) is 23.4. The summed E-state index contributed by atoms with van der Waals surface area (Å²) in [5, 5.41) is 2.16. The van der Waals surface area contributed by atoms with Crippen LogP contribution in [0.15, 0.2) is 140 Å². The second-order valence-electron chi connectivity index (χ2n) is 23.4. The number of benzene rings is 7. The third kappa shape index (κ3) is 10.0. The number of ether oxygens (including phenoxy) is 1. The Kier molecular flexibility index (Phi) is 13.9. The Morgan fingerprint density at radius 3 is 1.72 bits per heavy atom. The Morgan fingerprint density at radius 2 is 1.11 bits per heavy atom. The summed E-state index contributed by atoms with van der Waals surface area (Å²) in [5.41, 5.74) is 13.6. The molecule has 0 radical (unpaired) electrons. The summed E-state index contributed by atoms with van der Waals surface area (Å²) >= 11 is 0. The van der Waals surface area contributed by atoms with Crippen LogP contribution in [0.4, 0.5) is 31.5 Å². The van der Waals surface area contributed by atoms with Gasteiger partial charge in [0.15, 0.2) is 0 Å². The molecule has 0 saturated carbocycles. The van der Waals surface area contributed by atoms with Crippen molar-refractivity contribution in [2.24, 2.45) is 0 Å². The molecule has 10 rings (SSSR count). The van der Waals surface area contributed by atoms with E-state index < -0.39 is 11.6 Å². The van der Waals surface area contributed by atoms with Crippen molar-refractivity contribution in [1.82, 2.24) is 9.55 Å². The van der Waals surface area contributed by atoms with E-state index in [0.717, 1.165) is 84.3 Å². The molecule has 0 amide bonds. The average Bonchev–Trinajstić information content (AvgIpc) is 3.88. The summed E-state index contributed by atoms with van der Waals surface area (Å²) in [6, 6.07) is 51.7. The molecule has 7 aromatic carbocycles. The van der Waals surface area contributed by atoms with E-state index in [-0.39, 0.29) is 49.1 Å². The predicted octanol–water partition coefficient (Wildman–Crippen LogP) is 18.7. The fourth-order valence-electron chi connectivity index (χ4n) is 9.90. The van der Waals surface area contributed by atoms with Crippen LogP contribution in [-0.2, 0) is 37.3 Å². The summed E-state index contributed by atoms with van der Waals surface area (Å²) in [5.74, 6) is 1.17. The summed E-state index contributed by atoms with van der Waals surface area (Å²) < 4.78 is 40.1.